The molecule has 0 aliphatic rings. The Morgan fingerprint density at radius 2 is 1.93 bits per heavy atom. The van der Waals surface area contributed by atoms with Crippen LogP contribution in [0.15, 0.2) is 6.07 Å². The van der Waals surface area contributed by atoms with Crippen molar-refractivity contribution < 1.29 is 24.9 Å². The molecule has 0 bridgehead atoms. The zero-order valence-electron chi connectivity index (χ0n) is 8.44. The largest absolute Gasteiger partial charge is 0.507 e. The highest BCUT2D eigenvalue weighted by molar-refractivity contribution is 5.95. The summed E-state index contributed by atoms with van der Waals surface area (Å²) in [6.07, 6.45) is 0. The van der Waals surface area contributed by atoms with Crippen molar-refractivity contribution in [1.82, 2.24) is 0 Å². The van der Waals surface area contributed by atoms with E-state index in [1.807, 2.05) is 0 Å². The molecule has 0 unspecified atom stereocenters. The quantitative estimate of drug-likeness (QED) is 0.390. The number of rotatable bonds is 2. The van der Waals surface area contributed by atoms with Crippen LogP contribution in [-0.2, 0) is 4.74 Å². The molecule has 1 aromatic carbocycles. The maximum Gasteiger partial charge on any atom is 0.342 e. The average molecular weight is 212 g/mol. The van der Waals surface area contributed by atoms with Gasteiger partial charge < -0.3 is 20.1 Å². The maximum atomic E-state index is 11.4. The van der Waals surface area contributed by atoms with E-state index in [4.69, 9.17) is 9.84 Å². The monoisotopic (exact) mass is 212 g/mol. The first kappa shape index (κ1) is 11.2. The Bertz CT molecular complexity index is 397. The van der Waals surface area contributed by atoms with Crippen LogP contribution in [-0.4, -0.2) is 27.9 Å². The Labute approximate surface area is 86.5 Å². The Morgan fingerprint density at radius 1 is 1.33 bits per heavy atom. The lowest BCUT2D eigenvalue weighted by molar-refractivity contribution is 0.0521. The molecule has 0 fully saturated rings. The molecule has 15 heavy (non-hydrogen) atoms. The van der Waals surface area contributed by atoms with Crippen LogP contribution in [0.1, 0.15) is 22.8 Å². The number of ether oxygens (including phenoxy) is 1. The van der Waals surface area contributed by atoms with Crippen molar-refractivity contribution in [3.05, 3.63) is 17.2 Å². The average Bonchev–Trinajstić information content (AvgIpc) is 2.15. The van der Waals surface area contributed by atoms with Gasteiger partial charge in [-0.3, -0.25) is 0 Å². The Morgan fingerprint density at radius 3 is 2.47 bits per heavy atom. The van der Waals surface area contributed by atoms with Gasteiger partial charge in [0.15, 0.2) is 11.5 Å². The van der Waals surface area contributed by atoms with Crippen molar-refractivity contribution in [1.29, 1.82) is 0 Å². The summed E-state index contributed by atoms with van der Waals surface area (Å²) in [5.41, 5.74) is -0.0434. The third-order valence-electron chi connectivity index (χ3n) is 1.98. The Hall–Kier alpha value is -1.91. The minimum absolute atomic E-state index is 0.0888. The number of phenolic OH excluding ortho intramolecular Hbond substituents is 3. The standard InChI is InChI=1S/C10H12O5/c1-3-15-10(14)8-5(2)9(13)7(12)4-6(8)11/h4,11-13H,3H2,1-2H3. The minimum atomic E-state index is -0.734. The first-order valence-electron chi connectivity index (χ1n) is 4.40. The van der Waals surface area contributed by atoms with Crippen molar-refractivity contribution in [3.8, 4) is 17.2 Å². The molecule has 5 heteroatoms. The lowest BCUT2D eigenvalue weighted by atomic mass is 10.1. The second-order valence-corrected chi connectivity index (χ2v) is 2.98. The fourth-order valence-corrected chi connectivity index (χ4v) is 1.23. The van der Waals surface area contributed by atoms with Crippen LogP contribution in [0.2, 0.25) is 0 Å². The van der Waals surface area contributed by atoms with E-state index < -0.39 is 23.2 Å². The van der Waals surface area contributed by atoms with Gasteiger partial charge in [0.1, 0.15) is 11.3 Å². The van der Waals surface area contributed by atoms with Gasteiger partial charge >= 0.3 is 5.97 Å². The smallest absolute Gasteiger partial charge is 0.342 e. The van der Waals surface area contributed by atoms with Crippen LogP contribution in [0.5, 0.6) is 17.2 Å². The third kappa shape index (κ3) is 1.96. The van der Waals surface area contributed by atoms with E-state index >= 15 is 0 Å². The summed E-state index contributed by atoms with van der Waals surface area (Å²) in [5.74, 6) is -2.06. The molecule has 3 N–H and O–H groups in total. The molecule has 0 saturated carbocycles. The molecule has 1 aromatic rings. The highest BCUT2D eigenvalue weighted by Crippen LogP contribution is 2.37. The van der Waals surface area contributed by atoms with E-state index in [2.05, 4.69) is 0 Å². The third-order valence-corrected chi connectivity index (χ3v) is 1.98. The minimum Gasteiger partial charge on any atom is -0.507 e. The molecule has 0 heterocycles. The topological polar surface area (TPSA) is 87.0 Å². The second kappa shape index (κ2) is 4.08. The molecule has 0 atom stereocenters. The fourth-order valence-electron chi connectivity index (χ4n) is 1.23. The predicted molar refractivity (Wildman–Crippen MR) is 52.1 cm³/mol. The zero-order chi connectivity index (χ0) is 11.6. The van der Waals surface area contributed by atoms with E-state index in [9.17, 15) is 15.0 Å². The van der Waals surface area contributed by atoms with Gasteiger partial charge in [-0.25, -0.2) is 4.79 Å². The molecule has 82 valence electrons. The van der Waals surface area contributed by atoms with Crippen LogP contribution in [0.25, 0.3) is 0 Å². The lowest BCUT2D eigenvalue weighted by Crippen LogP contribution is -2.07. The molecule has 0 saturated heterocycles. The Kier molecular flexibility index (Phi) is 3.04. The summed E-state index contributed by atoms with van der Waals surface area (Å²) in [4.78, 5) is 11.4. The van der Waals surface area contributed by atoms with Gasteiger partial charge in [-0.2, -0.15) is 0 Å². The summed E-state index contributed by atoms with van der Waals surface area (Å²) >= 11 is 0. The van der Waals surface area contributed by atoms with Gasteiger partial charge in [-0.05, 0) is 13.8 Å². The lowest BCUT2D eigenvalue weighted by Gasteiger charge is -2.10. The molecular weight excluding hydrogens is 200 g/mol. The Balaban J connectivity index is 3.29. The van der Waals surface area contributed by atoms with Crippen molar-refractivity contribution in [3.63, 3.8) is 0 Å². The van der Waals surface area contributed by atoms with E-state index in [1.54, 1.807) is 6.92 Å². The fraction of sp³-hybridized carbons (Fsp3) is 0.300. The molecule has 0 aliphatic heterocycles. The number of carbonyl (C=O) groups excluding carboxylic acids is 1. The highest BCUT2D eigenvalue weighted by Gasteiger charge is 2.20. The second-order valence-electron chi connectivity index (χ2n) is 2.98. The van der Waals surface area contributed by atoms with Crippen LogP contribution in [0.3, 0.4) is 0 Å². The number of carbonyl (C=O) groups is 1. The molecule has 0 radical (unpaired) electrons. The van der Waals surface area contributed by atoms with Crippen molar-refractivity contribution in [2.75, 3.05) is 6.61 Å². The SMILES string of the molecule is CCOC(=O)c1c(O)cc(O)c(O)c1C. The van der Waals surface area contributed by atoms with Crippen LogP contribution < -0.4 is 0 Å². The highest BCUT2D eigenvalue weighted by atomic mass is 16.5. The number of aromatic hydroxyl groups is 3. The van der Waals surface area contributed by atoms with E-state index in [1.165, 1.54) is 6.92 Å². The van der Waals surface area contributed by atoms with E-state index in [0.29, 0.717) is 0 Å². The van der Waals surface area contributed by atoms with Gasteiger partial charge in [0.2, 0.25) is 0 Å². The molecule has 0 aromatic heterocycles. The number of esters is 1. The van der Waals surface area contributed by atoms with Crippen LogP contribution in [0.4, 0.5) is 0 Å². The summed E-state index contributed by atoms with van der Waals surface area (Å²) in [6, 6.07) is 0.897. The molecule has 0 aliphatic carbocycles. The van der Waals surface area contributed by atoms with Gasteiger partial charge in [0.25, 0.3) is 0 Å². The molecule has 1 rings (SSSR count). The number of hydrogen-bond acceptors (Lipinski definition) is 5. The number of benzene rings is 1. The van der Waals surface area contributed by atoms with Crippen LogP contribution >= 0.6 is 0 Å². The molecular formula is C10H12O5. The van der Waals surface area contributed by atoms with Crippen molar-refractivity contribution in [2.45, 2.75) is 13.8 Å². The van der Waals surface area contributed by atoms with Gasteiger partial charge in [0.05, 0.1) is 6.61 Å². The predicted octanol–water partition coefficient (Wildman–Crippen LogP) is 1.29. The van der Waals surface area contributed by atoms with Gasteiger partial charge in [-0.15, -0.1) is 0 Å². The summed E-state index contributed by atoms with van der Waals surface area (Å²) in [6.45, 7) is 3.20. The molecule has 0 spiro atoms. The maximum absolute atomic E-state index is 11.4. The zero-order valence-corrected chi connectivity index (χ0v) is 8.44. The van der Waals surface area contributed by atoms with Crippen LogP contribution in [0, 0.1) is 6.92 Å². The summed E-state index contributed by atoms with van der Waals surface area (Å²) in [7, 11) is 0. The number of hydrogen-bond donors (Lipinski definition) is 3. The van der Waals surface area contributed by atoms with Crippen molar-refractivity contribution >= 4 is 5.97 Å². The summed E-state index contributed by atoms with van der Waals surface area (Å²) < 4.78 is 4.69. The first-order chi connectivity index (χ1) is 6.99. The van der Waals surface area contributed by atoms with Crippen molar-refractivity contribution in [2.24, 2.45) is 0 Å². The molecule has 0 amide bonds. The van der Waals surface area contributed by atoms with E-state index in [-0.39, 0.29) is 17.7 Å². The first-order valence-corrected chi connectivity index (χ1v) is 4.40. The van der Waals surface area contributed by atoms with Gasteiger partial charge in [0, 0.05) is 11.6 Å². The number of phenols is 3. The van der Waals surface area contributed by atoms with Gasteiger partial charge in [-0.1, -0.05) is 0 Å². The van der Waals surface area contributed by atoms with E-state index in [0.717, 1.165) is 6.07 Å². The summed E-state index contributed by atoms with van der Waals surface area (Å²) in [5, 5.41) is 27.9. The molecule has 5 nitrogen and oxygen atoms in total. The normalized spacial score (nSPS) is 10.0.